The van der Waals surface area contributed by atoms with Gasteiger partial charge in [0, 0.05) is 25.8 Å². The van der Waals surface area contributed by atoms with E-state index in [1.165, 1.54) is 11.8 Å². The molecule has 10 heteroatoms. The molecule has 0 unspecified atom stereocenters. The van der Waals surface area contributed by atoms with Crippen molar-refractivity contribution in [2.75, 3.05) is 19.5 Å². The molecule has 0 radical (unpaired) electrons. The van der Waals surface area contributed by atoms with Crippen molar-refractivity contribution in [3.63, 3.8) is 0 Å². The lowest BCUT2D eigenvalue weighted by molar-refractivity contribution is 0.0544. The quantitative estimate of drug-likeness (QED) is 0.423. The van der Waals surface area contributed by atoms with E-state index in [0.717, 1.165) is 40.8 Å². The summed E-state index contributed by atoms with van der Waals surface area (Å²) >= 11 is 0. The lowest BCUT2D eigenvalue weighted by Gasteiger charge is -2.33. The molecule has 0 amide bonds. The largest absolute Gasteiger partial charge is 0.381 e. The van der Waals surface area contributed by atoms with Crippen LogP contribution in [0.25, 0.3) is 22.3 Å². The first-order chi connectivity index (χ1) is 16.8. The maximum absolute atomic E-state index is 12.0. The van der Waals surface area contributed by atoms with Crippen LogP contribution in [0.2, 0.25) is 0 Å². The Morgan fingerprint density at radius 3 is 2.54 bits per heavy atom. The standard InChI is InChI=1S/C25H30N6O3S/c1-17-24(30(2)29-28-17)20-9-10-21-22(15-20)31(23(27-21)16-26-35(3,32)33)25(18-7-5-4-6-8-18)19-11-13-34-14-12-19/h4-10,15,19,25-26H,11-14,16H2,1-3H3/t25-/m0/s1. The van der Waals surface area contributed by atoms with Crippen molar-refractivity contribution in [2.24, 2.45) is 13.0 Å². The van der Waals surface area contributed by atoms with Gasteiger partial charge >= 0.3 is 0 Å². The summed E-state index contributed by atoms with van der Waals surface area (Å²) in [5.41, 5.74) is 5.72. The van der Waals surface area contributed by atoms with E-state index in [1.54, 1.807) is 4.68 Å². The Hall–Kier alpha value is -3.08. The van der Waals surface area contributed by atoms with Crippen molar-refractivity contribution < 1.29 is 13.2 Å². The highest BCUT2D eigenvalue weighted by Gasteiger charge is 2.30. The van der Waals surface area contributed by atoms with Crippen LogP contribution in [0.4, 0.5) is 0 Å². The Morgan fingerprint density at radius 2 is 1.89 bits per heavy atom. The lowest BCUT2D eigenvalue weighted by Crippen LogP contribution is -2.30. The first-order valence-electron chi connectivity index (χ1n) is 11.8. The van der Waals surface area contributed by atoms with Gasteiger partial charge in [-0.15, -0.1) is 5.10 Å². The van der Waals surface area contributed by atoms with Crippen LogP contribution in [0.15, 0.2) is 48.5 Å². The van der Waals surface area contributed by atoms with Gasteiger partial charge < -0.3 is 9.30 Å². The second-order valence-corrected chi connectivity index (χ2v) is 11.0. The highest BCUT2D eigenvalue weighted by molar-refractivity contribution is 7.88. The van der Waals surface area contributed by atoms with E-state index in [-0.39, 0.29) is 12.6 Å². The van der Waals surface area contributed by atoms with Crippen molar-refractivity contribution in [1.82, 2.24) is 29.3 Å². The monoisotopic (exact) mass is 494 g/mol. The molecule has 2 aromatic carbocycles. The molecule has 0 saturated carbocycles. The number of fused-ring (bicyclic) bond motifs is 1. The van der Waals surface area contributed by atoms with Crippen molar-refractivity contribution in [2.45, 2.75) is 32.4 Å². The third-order valence-electron chi connectivity index (χ3n) is 6.66. The number of rotatable bonds is 7. The van der Waals surface area contributed by atoms with E-state index in [9.17, 15) is 8.42 Å². The van der Waals surface area contributed by atoms with Crippen molar-refractivity contribution in [1.29, 1.82) is 0 Å². The molecule has 1 aliphatic heterocycles. The highest BCUT2D eigenvalue weighted by atomic mass is 32.2. The summed E-state index contributed by atoms with van der Waals surface area (Å²) in [7, 11) is -1.51. The summed E-state index contributed by atoms with van der Waals surface area (Å²) in [6.07, 6.45) is 3.01. The van der Waals surface area contributed by atoms with Gasteiger partial charge in [0.25, 0.3) is 0 Å². The summed E-state index contributed by atoms with van der Waals surface area (Å²) in [6.45, 7) is 3.48. The third-order valence-corrected chi connectivity index (χ3v) is 7.32. The van der Waals surface area contributed by atoms with Gasteiger partial charge in [-0.2, -0.15) is 0 Å². The zero-order chi connectivity index (χ0) is 24.6. The third kappa shape index (κ3) is 4.86. The predicted molar refractivity (Wildman–Crippen MR) is 134 cm³/mol. The fourth-order valence-electron chi connectivity index (χ4n) is 5.09. The highest BCUT2D eigenvalue weighted by Crippen LogP contribution is 2.38. The molecule has 1 atom stereocenters. The molecule has 4 aromatic rings. The average molecular weight is 495 g/mol. The Labute approximate surface area is 205 Å². The number of nitrogens with zero attached hydrogens (tertiary/aromatic N) is 5. The summed E-state index contributed by atoms with van der Waals surface area (Å²) in [5.74, 6) is 1.01. The molecule has 0 spiro atoms. The van der Waals surface area contributed by atoms with Crippen molar-refractivity contribution in [3.8, 4) is 11.3 Å². The van der Waals surface area contributed by atoms with Crippen molar-refractivity contribution >= 4 is 21.1 Å². The molecule has 1 saturated heterocycles. The van der Waals surface area contributed by atoms with Gasteiger partial charge in [0.1, 0.15) is 5.82 Å². The topological polar surface area (TPSA) is 104 Å². The molecule has 1 aliphatic rings. The minimum absolute atomic E-state index is 0.0116. The van der Waals surface area contributed by atoms with E-state index in [4.69, 9.17) is 9.72 Å². The Kier molecular flexibility index (Phi) is 6.43. The maximum atomic E-state index is 12.0. The number of ether oxygens (including phenoxy) is 1. The van der Waals surface area contributed by atoms with Gasteiger partial charge in [-0.3, -0.25) is 0 Å². The van der Waals surface area contributed by atoms with Crippen LogP contribution in [-0.2, 0) is 28.4 Å². The second-order valence-electron chi connectivity index (χ2n) is 9.15. The fraction of sp³-hybridized carbons (Fsp3) is 0.400. The smallest absolute Gasteiger partial charge is 0.209 e. The van der Waals surface area contributed by atoms with Crippen LogP contribution in [-0.4, -0.2) is 52.4 Å². The Bertz CT molecular complexity index is 1420. The Balaban J connectivity index is 1.73. The minimum Gasteiger partial charge on any atom is -0.381 e. The van der Waals surface area contributed by atoms with Gasteiger partial charge in [-0.1, -0.05) is 41.6 Å². The van der Waals surface area contributed by atoms with E-state index >= 15 is 0 Å². The van der Waals surface area contributed by atoms with Gasteiger partial charge in [-0.05, 0) is 43.4 Å². The first-order valence-corrected chi connectivity index (χ1v) is 13.7. The molecule has 0 aliphatic carbocycles. The minimum atomic E-state index is -3.39. The molecule has 3 heterocycles. The molecule has 184 valence electrons. The number of aromatic nitrogens is 5. The van der Waals surface area contributed by atoms with E-state index in [1.807, 2.05) is 44.3 Å². The SMILES string of the molecule is Cc1nnn(C)c1-c1ccc2nc(CNS(C)(=O)=O)n([C@@H](c3ccccc3)C3CCOCC3)c2c1. The fourth-order valence-corrected chi connectivity index (χ4v) is 5.48. The number of nitrogens with one attached hydrogen (secondary N) is 1. The van der Waals surface area contributed by atoms with Crippen LogP contribution in [0.1, 0.15) is 36.0 Å². The molecular weight excluding hydrogens is 464 g/mol. The molecule has 2 aromatic heterocycles. The average Bonchev–Trinajstić information content (AvgIpc) is 3.37. The van der Waals surface area contributed by atoms with Gasteiger partial charge in [0.15, 0.2) is 0 Å². The lowest BCUT2D eigenvalue weighted by atomic mass is 9.86. The molecule has 0 bridgehead atoms. The number of hydrogen-bond acceptors (Lipinski definition) is 6. The Morgan fingerprint density at radius 1 is 1.14 bits per heavy atom. The number of benzene rings is 2. The van der Waals surface area contributed by atoms with Crippen LogP contribution < -0.4 is 4.72 Å². The first kappa shape index (κ1) is 23.7. The normalized spacial score (nSPS) is 16.1. The molecular formula is C25H30N6O3S. The van der Waals surface area contributed by atoms with E-state index < -0.39 is 10.0 Å². The molecule has 9 nitrogen and oxygen atoms in total. The molecule has 1 fully saturated rings. The van der Waals surface area contributed by atoms with Crippen molar-refractivity contribution in [3.05, 3.63) is 65.6 Å². The number of sulfonamides is 1. The second kappa shape index (κ2) is 9.52. The van der Waals surface area contributed by atoms with E-state index in [0.29, 0.717) is 25.0 Å². The number of hydrogen-bond donors (Lipinski definition) is 1. The molecule has 1 N–H and O–H groups in total. The zero-order valence-corrected chi connectivity index (χ0v) is 21.0. The maximum Gasteiger partial charge on any atom is 0.209 e. The number of imidazole rings is 1. The summed E-state index contributed by atoms with van der Waals surface area (Å²) < 4.78 is 36.3. The zero-order valence-electron chi connectivity index (χ0n) is 20.2. The van der Waals surface area contributed by atoms with Gasteiger partial charge in [0.05, 0.1) is 41.3 Å². The van der Waals surface area contributed by atoms with Crippen LogP contribution in [0.5, 0.6) is 0 Å². The molecule has 35 heavy (non-hydrogen) atoms. The number of aryl methyl sites for hydroxylation is 2. The summed E-state index contributed by atoms with van der Waals surface area (Å²) in [5, 5.41) is 8.38. The van der Waals surface area contributed by atoms with Gasteiger partial charge in [0.2, 0.25) is 10.0 Å². The summed E-state index contributed by atoms with van der Waals surface area (Å²) in [6, 6.07) is 16.5. The van der Waals surface area contributed by atoms with Crippen LogP contribution in [0, 0.1) is 12.8 Å². The van der Waals surface area contributed by atoms with E-state index in [2.05, 4.69) is 37.8 Å². The predicted octanol–water partition coefficient (Wildman–Crippen LogP) is 3.21. The van der Waals surface area contributed by atoms with Crippen LogP contribution >= 0.6 is 0 Å². The summed E-state index contributed by atoms with van der Waals surface area (Å²) in [4.78, 5) is 4.89. The van der Waals surface area contributed by atoms with Gasteiger partial charge in [-0.25, -0.2) is 22.8 Å². The molecule has 5 rings (SSSR count). The van der Waals surface area contributed by atoms with Crippen LogP contribution in [0.3, 0.4) is 0 Å².